The van der Waals surface area contributed by atoms with Crippen molar-refractivity contribution in [3.8, 4) is 28.5 Å². The Labute approximate surface area is 190 Å². The number of carbonyl (C=O) groups is 1. The number of sulfone groups is 1. The molecule has 2 heterocycles. The van der Waals surface area contributed by atoms with Crippen molar-refractivity contribution in [1.82, 2.24) is 15.1 Å². The van der Waals surface area contributed by atoms with E-state index in [1.54, 1.807) is 18.2 Å². The number of hydrogen-bond donors (Lipinski definition) is 1. The second kappa shape index (κ2) is 8.74. The number of methoxy groups -OCH3 is 3. The summed E-state index contributed by atoms with van der Waals surface area (Å²) in [4.78, 5) is 14.3. The fourth-order valence-electron chi connectivity index (χ4n) is 3.60. The largest absolute Gasteiger partial charge is 0.493 e. The van der Waals surface area contributed by atoms with E-state index >= 15 is 0 Å². The van der Waals surface area contributed by atoms with Crippen LogP contribution in [0, 0.1) is 5.82 Å². The summed E-state index contributed by atoms with van der Waals surface area (Å²) in [5.41, 5.74) is 1.34. The molecule has 4 rings (SSSR count). The molecule has 2 aromatic carbocycles. The molecule has 0 atom stereocenters. The van der Waals surface area contributed by atoms with Crippen LogP contribution in [-0.2, 0) is 9.84 Å². The molecule has 11 heteroatoms. The summed E-state index contributed by atoms with van der Waals surface area (Å²) in [5.74, 6) is 0.441. The molecule has 3 aromatic rings. The molecule has 9 nitrogen and oxygen atoms in total. The monoisotopic (exact) mass is 475 g/mol. The van der Waals surface area contributed by atoms with Crippen LogP contribution in [0.5, 0.6) is 17.2 Å². The van der Waals surface area contributed by atoms with Crippen LogP contribution in [0.1, 0.15) is 10.5 Å². The molecule has 1 fully saturated rings. The lowest BCUT2D eigenvalue weighted by Crippen LogP contribution is -2.56. The standard InChI is InChI=1S/C22H22FN3O6S/c1-30-19-8-13(9-20(31-2)21(19)32-3)17-10-18(25-24-17)22(27)26-11-16(12-26)33(28,29)15-6-4-14(23)5-7-15/h4-10,16H,11-12H2,1-3H3,(H,24,25). The molecule has 174 valence electrons. The minimum Gasteiger partial charge on any atom is -0.493 e. The number of likely N-dealkylation sites (tertiary alicyclic amines) is 1. The molecule has 0 spiro atoms. The number of halogens is 1. The lowest BCUT2D eigenvalue weighted by Gasteiger charge is -2.38. The summed E-state index contributed by atoms with van der Waals surface area (Å²) >= 11 is 0. The zero-order valence-electron chi connectivity index (χ0n) is 18.2. The van der Waals surface area contributed by atoms with Crippen LogP contribution in [0.3, 0.4) is 0 Å². The number of hydrogen-bond acceptors (Lipinski definition) is 7. The van der Waals surface area contributed by atoms with Gasteiger partial charge in [-0.15, -0.1) is 0 Å². The van der Waals surface area contributed by atoms with Crippen molar-refractivity contribution in [2.24, 2.45) is 0 Å². The fraction of sp³-hybridized carbons (Fsp3) is 0.273. The minimum absolute atomic E-state index is 0.0345. The maximum absolute atomic E-state index is 13.1. The van der Waals surface area contributed by atoms with Crippen LogP contribution in [-0.4, -0.2) is 69.1 Å². The van der Waals surface area contributed by atoms with Gasteiger partial charge in [0.25, 0.3) is 5.91 Å². The topological polar surface area (TPSA) is 111 Å². The molecule has 0 bridgehead atoms. The number of ether oxygens (including phenoxy) is 3. The van der Waals surface area contributed by atoms with Crippen LogP contribution < -0.4 is 14.2 Å². The van der Waals surface area contributed by atoms with Gasteiger partial charge in [-0.05, 0) is 42.5 Å². The van der Waals surface area contributed by atoms with E-state index in [0.717, 1.165) is 12.1 Å². The van der Waals surface area contributed by atoms with Gasteiger partial charge in [0, 0.05) is 18.7 Å². The third-order valence-corrected chi connectivity index (χ3v) is 7.59. The molecule has 0 aliphatic carbocycles. The molecular formula is C22H22FN3O6S. The van der Waals surface area contributed by atoms with E-state index < -0.39 is 20.9 Å². The number of H-pyrrole nitrogens is 1. The van der Waals surface area contributed by atoms with Crippen LogP contribution in [0.4, 0.5) is 4.39 Å². The molecule has 0 unspecified atom stereocenters. The zero-order valence-corrected chi connectivity index (χ0v) is 19.0. The van der Waals surface area contributed by atoms with E-state index in [9.17, 15) is 17.6 Å². The van der Waals surface area contributed by atoms with Gasteiger partial charge >= 0.3 is 0 Å². The number of nitrogens with one attached hydrogen (secondary N) is 1. The molecule has 1 amide bonds. The van der Waals surface area contributed by atoms with Crippen LogP contribution >= 0.6 is 0 Å². The second-order valence-electron chi connectivity index (χ2n) is 7.41. The van der Waals surface area contributed by atoms with E-state index in [1.165, 1.54) is 38.4 Å². The first kappa shape index (κ1) is 22.6. The highest BCUT2D eigenvalue weighted by Crippen LogP contribution is 2.41. The summed E-state index contributed by atoms with van der Waals surface area (Å²) in [7, 11) is 0.850. The summed E-state index contributed by atoms with van der Waals surface area (Å²) in [6.07, 6.45) is 0. The predicted octanol–water partition coefficient (Wildman–Crippen LogP) is 2.54. The van der Waals surface area contributed by atoms with Gasteiger partial charge in [0.1, 0.15) is 16.8 Å². The SMILES string of the molecule is COc1cc(-c2cc(C(=O)N3CC(S(=O)(=O)c4ccc(F)cc4)C3)[nH]n2)cc(OC)c1OC. The van der Waals surface area contributed by atoms with Crippen LogP contribution in [0.15, 0.2) is 47.4 Å². The van der Waals surface area contributed by atoms with Gasteiger partial charge in [-0.25, -0.2) is 12.8 Å². The van der Waals surface area contributed by atoms with Gasteiger partial charge < -0.3 is 19.1 Å². The number of amides is 1. The number of aromatic nitrogens is 2. The summed E-state index contributed by atoms with van der Waals surface area (Å²) in [5, 5.41) is 6.16. The third-order valence-electron chi connectivity index (χ3n) is 5.49. The first-order valence-corrected chi connectivity index (χ1v) is 11.5. The lowest BCUT2D eigenvalue weighted by molar-refractivity contribution is 0.0652. The maximum atomic E-state index is 13.1. The summed E-state index contributed by atoms with van der Waals surface area (Å²) < 4.78 is 54.5. The Bertz CT molecular complexity index is 1260. The molecule has 1 aliphatic heterocycles. The van der Waals surface area contributed by atoms with Crippen molar-refractivity contribution < 1.29 is 31.8 Å². The minimum atomic E-state index is -3.65. The van der Waals surface area contributed by atoms with Crippen LogP contribution in [0.2, 0.25) is 0 Å². The van der Waals surface area contributed by atoms with Crippen molar-refractivity contribution in [2.75, 3.05) is 34.4 Å². The Kier molecular flexibility index (Phi) is 5.98. The van der Waals surface area contributed by atoms with E-state index in [2.05, 4.69) is 10.2 Å². The second-order valence-corrected chi connectivity index (χ2v) is 9.64. The highest BCUT2D eigenvalue weighted by molar-refractivity contribution is 7.92. The fourth-order valence-corrected chi connectivity index (χ4v) is 5.25. The number of nitrogens with zero attached hydrogens (tertiary/aromatic N) is 2. The van der Waals surface area contributed by atoms with Gasteiger partial charge in [-0.2, -0.15) is 5.10 Å². The van der Waals surface area contributed by atoms with E-state index in [-0.39, 0.29) is 29.6 Å². The summed E-state index contributed by atoms with van der Waals surface area (Å²) in [6, 6.07) is 9.65. The Hall–Kier alpha value is -3.60. The average Bonchev–Trinajstić information content (AvgIpc) is 3.27. The van der Waals surface area contributed by atoms with Crippen molar-refractivity contribution in [3.05, 3.63) is 54.0 Å². The molecule has 1 N–H and O–H groups in total. The van der Waals surface area contributed by atoms with Gasteiger partial charge in [0.05, 0.1) is 31.9 Å². The highest BCUT2D eigenvalue weighted by Gasteiger charge is 2.41. The highest BCUT2D eigenvalue weighted by atomic mass is 32.2. The van der Waals surface area contributed by atoms with Gasteiger partial charge in [-0.1, -0.05) is 0 Å². The molecule has 1 aliphatic rings. The molecule has 0 saturated carbocycles. The smallest absolute Gasteiger partial charge is 0.271 e. The van der Waals surface area contributed by atoms with Crippen molar-refractivity contribution in [1.29, 1.82) is 0 Å². The van der Waals surface area contributed by atoms with E-state index in [4.69, 9.17) is 14.2 Å². The molecule has 0 radical (unpaired) electrons. The van der Waals surface area contributed by atoms with Crippen molar-refractivity contribution >= 4 is 15.7 Å². The number of rotatable bonds is 7. The average molecular weight is 475 g/mol. The molecule has 33 heavy (non-hydrogen) atoms. The van der Waals surface area contributed by atoms with Gasteiger partial charge in [0.15, 0.2) is 21.3 Å². The summed E-state index contributed by atoms with van der Waals surface area (Å²) in [6.45, 7) is 0.0775. The number of benzene rings is 2. The lowest BCUT2D eigenvalue weighted by atomic mass is 10.1. The first-order chi connectivity index (χ1) is 15.8. The first-order valence-electron chi connectivity index (χ1n) is 9.93. The van der Waals surface area contributed by atoms with E-state index in [1.807, 2.05) is 0 Å². The van der Waals surface area contributed by atoms with E-state index in [0.29, 0.717) is 28.5 Å². The third kappa shape index (κ3) is 4.11. The van der Waals surface area contributed by atoms with Crippen molar-refractivity contribution in [3.63, 3.8) is 0 Å². The number of aromatic amines is 1. The molecule has 1 saturated heterocycles. The Morgan fingerprint density at radius 1 is 1.03 bits per heavy atom. The van der Waals surface area contributed by atoms with Crippen LogP contribution in [0.25, 0.3) is 11.3 Å². The Balaban J connectivity index is 1.49. The normalized spacial score (nSPS) is 14.0. The Morgan fingerprint density at radius 3 is 2.18 bits per heavy atom. The van der Waals surface area contributed by atoms with Gasteiger partial charge in [0.2, 0.25) is 5.75 Å². The van der Waals surface area contributed by atoms with Gasteiger partial charge in [-0.3, -0.25) is 9.89 Å². The number of carbonyl (C=O) groups excluding carboxylic acids is 1. The zero-order chi connectivity index (χ0) is 23.8. The predicted molar refractivity (Wildman–Crippen MR) is 117 cm³/mol. The quantitative estimate of drug-likeness (QED) is 0.523. The maximum Gasteiger partial charge on any atom is 0.271 e. The molecule has 1 aromatic heterocycles. The molecular weight excluding hydrogens is 453 g/mol. The Morgan fingerprint density at radius 2 is 1.64 bits per heavy atom. The van der Waals surface area contributed by atoms with Crippen molar-refractivity contribution in [2.45, 2.75) is 10.1 Å².